The van der Waals surface area contributed by atoms with Gasteiger partial charge >= 0.3 is 5.91 Å². The summed E-state index contributed by atoms with van der Waals surface area (Å²) in [4.78, 5) is 15.2. The molecule has 1 aromatic heterocycles. The Labute approximate surface area is 114 Å². The average molecular weight is 275 g/mol. The number of aromatic nitrogens is 3. The van der Waals surface area contributed by atoms with Gasteiger partial charge in [0.15, 0.2) is 11.5 Å². The number of hydrogen-bond acceptors (Lipinski definition) is 6. The number of rotatable bonds is 5. The van der Waals surface area contributed by atoms with E-state index in [9.17, 15) is 4.79 Å². The Morgan fingerprint density at radius 1 is 1.35 bits per heavy atom. The Morgan fingerprint density at radius 3 is 2.80 bits per heavy atom. The molecule has 1 heterocycles. The first-order valence-electron chi connectivity index (χ1n) is 5.65. The molecule has 2 aromatic rings. The third kappa shape index (κ3) is 3.10. The van der Waals surface area contributed by atoms with Crippen molar-refractivity contribution in [1.29, 1.82) is 0 Å². The zero-order chi connectivity index (χ0) is 14.4. The lowest BCUT2D eigenvalue weighted by Gasteiger charge is -2.07. The molecule has 20 heavy (non-hydrogen) atoms. The lowest BCUT2D eigenvalue weighted by atomic mass is 10.2. The Bertz CT molecular complexity index is 610. The molecule has 0 radical (unpaired) electrons. The number of methoxy groups -OCH3 is 2. The molecule has 0 spiro atoms. The zero-order valence-electron chi connectivity index (χ0n) is 11.0. The summed E-state index contributed by atoms with van der Waals surface area (Å²) in [7, 11) is 3.10. The minimum atomic E-state index is -0.473. The smallest absolute Gasteiger partial charge is 0.308 e. The van der Waals surface area contributed by atoms with Crippen LogP contribution < -0.4 is 14.9 Å². The van der Waals surface area contributed by atoms with Crippen molar-refractivity contribution in [2.45, 2.75) is 0 Å². The summed E-state index contributed by atoms with van der Waals surface area (Å²) in [5.41, 5.74) is 3.07. The standard InChI is InChI=1S/C12H13N5O3/c1-19-9-4-3-8(5-10(9)20-2)6-14-17-12(18)11-13-7-15-16-11/h3-7H,1-2H3,(H,17,18)(H,13,15,16)/b14-6-. The van der Waals surface area contributed by atoms with Crippen LogP contribution in [0, 0.1) is 0 Å². The van der Waals surface area contributed by atoms with Crippen molar-refractivity contribution in [3.63, 3.8) is 0 Å². The first kappa shape index (κ1) is 13.5. The molecule has 0 unspecified atom stereocenters. The number of amides is 1. The highest BCUT2D eigenvalue weighted by Gasteiger charge is 2.06. The molecule has 8 nitrogen and oxygen atoms in total. The number of hydrogen-bond donors (Lipinski definition) is 2. The molecule has 2 rings (SSSR count). The lowest BCUT2D eigenvalue weighted by Crippen LogP contribution is -2.19. The topological polar surface area (TPSA) is 101 Å². The van der Waals surface area contributed by atoms with Gasteiger partial charge in [-0.1, -0.05) is 0 Å². The van der Waals surface area contributed by atoms with Crippen LogP contribution in [0.15, 0.2) is 29.6 Å². The van der Waals surface area contributed by atoms with Gasteiger partial charge in [-0.15, -0.1) is 0 Å². The fourth-order valence-corrected chi connectivity index (χ4v) is 1.47. The number of nitrogens with one attached hydrogen (secondary N) is 2. The first-order chi connectivity index (χ1) is 9.74. The largest absolute Gasteiger partial charge is 0.493 e. The average Bonchev–Trinajstić information content (AvgIpc) is 3.01. The summed E-state index contributed by atoms with van der Waals surface area (Å²) in [6.45, 7) is 0. The minimum Gasteiger partial charge on any atom is -0.493 e. The second kappa shape index (κ2) is 6.32. The Kier molecular flexibility index (Phi) is 4.28. The van der Waals surface area contributed by atoms with E-state index in [0.29, 0.717) is 11.5 Å². The number of aromatic amines is 1. The van der Waals surface area contributed by atoms with E-state index in [2.05, 4.69) is 25.7 Å². The minimum absolute atomic E-state index is 0.0921. The molecule has 0 saturated carbocycles. The van der Waals surface area contributed by atoms with Crippen molar-refractivity contribution in [3.8, 4) is 11.5 Å². The number of H-pyrrole nitrogens is 1. The molecule has 1 aromatic carbocycles. The highest BCUT2D eigenvalue weighted by atomic mass is 16.5. The van der Waals surface area contributed by atoms with Crippen molar-refractivity contribution in [1.82, 2.24) is 20.6 Å². The molecule has 2 N–H and O–H groups in total. The molecule has 0 atom stereocenters. The van der Waals surface area contributed by atoms with Crippen molar-refractivity contribution in [2.24, 2.45) is 5.10 Å². The van der Waals surface area contributed by atoms with Gasteiger partial charge in [-0.3, -0.25) is 9.89 Å². The van der Waals surface area contributed by atoms with E-state index in [1.165, 1.54) is 12.5 Å². The third-order valence-electron chi connectivity index (χ3n) is 2.42. The van der Waals surface area contributed by atoms with Crippen molar-refractivity contribution in [3.05, 3.63) is 35.9 Å². The summed E-state index contributed by atoms with van der Waals surface area (Å²) in [6.07, 6.45) is 2.73. The number of nitrogens with zero attached hydrogens (tertiary/aromatic N) is 3. The van der Waals surface area contributed by atoms with Gasteiger partial charge in [0, 0.05) is 0 Å². The van der Waals surface area contributed by atoms with Gasteiger partial charge in [0.2, 0.25) is 5.82 Å². The molecule has 0 saturated heterocycles. The van der Waals surface area contributed by atoms with Crippen molar-refractivity contribution < 1.29 is 14.3 Å². The van der Waals surface area contributed by atoms with E-state index in [1.807, 2.05) is 0 Å². The van der Waals surface area contributed by atoms with Gasteiger partial charge in [0.05, 0.1) is 20.4 Å². The maximum atomic E-state index is 11.5. The van der Waals surface area contributed by atoms with Gasteiger partial charge in [0.25, 0.3) is 0 Å². The maximum absolute atomic E-state index is 11.5. The number of carbonyl (C=O) groups excluding carboxylic acids is 1. The predicted molar refractivity (Wildman–Crippen MR) is 71.0 cm³/mol. The van der Waals surface area contributed by atoms with E-state index in [1.54, 1.807) is 32.4 Å². The lowest BCUT2D eigenvalue weighted by molar-refractivity contribution is 0.0945. The molecule has 1 amide bonds. The fraction of sp³-hybridized carbons (Fsp3) is 0.167. The maximum Gasteiger partial charge on any atom is 0.308 e. The summed E-state index contributed by atoms with van der Waals surface area (Å²) < 4.78 is 10.3. The summed E-state index contributed by atoms with van der Waals surface area (Å²) in [6, 6.07) is 5.27. The molecule has 0 aliphatic rings. The number of benzene rings is 1. The van der Waals surface area contributed by atoms with Gasteiger partial charge in [-0.2, -0.15) is 10.2 Å². The summed E-state index contributed by atoms with van der Waals surface area (Å²) in [5.74, 6) is 0.821. The number of hydrazone groups is 1. The van der Waals surface area contributed by atoms with Crippen LogP contribution in [-0.2, 0) is 0 Å². The first-order valence-corrected chi connectivity index (χ1v) is 5.65. The molecule has 8 heteroatoms. The quantitative estimate of drug-likeness (QED) is 0.614. The van der Waals surface area contributed by atoms with E-state index >= 15 is 0 Å². The highest BCUT2D eigenvalue weighted by Crippen LogP contribution is 2.26. The molecular formula is C12H13N5O3. The van der Waals surface area contributed by atoms with Crippen LogP contribution >= 0.6 is 0 Å². The van der Waals surface area contributed by atoms with E-state index < -0.39 is 5.91 Å². The van der Waals surface area contributed by atoms with Crippen LogP contribution in [0.5, 0.6) is 11.5 Å². The van der Waals surface area contributed by atoms with E-state index in [4.69, 9.17) is 9.47 Å². The van der Waals surface area contributed by atoms with E-state index in [-0.39, 0.29) is 5.82 Å². The van der Waals surface area contributed by atoms with Crippen LogP contribution in [-0.4, -0.2) is 41.5 Å². The Hall–Kier alpha value is -2.90. The third-order valence-corrected chi connectivity index (χ3v) is 2.42. The normalized spacial score (nSPS) is 10.5. The molecule has 0 aliphatic heterocycles. The van der Waals surface area contributed by atoms with Gasteiger partial charge in [0.1, 0.15) is 6.33 Å². The Morgan fingerprint density at radius 2 is 2.15 bits per heavy atom. The molecule has 104 valence electrons. The Balaban J connectivity index is 2.03. The van der Waals surface area contributed by atoms with Crippen LogP contribution in [0.1, 0.15) is 16.2 Å². The molecule has 0 bridgehead atoms. The van der Waals surface area contributed by atoms with Crippen LogP contribution in [0.2, 0.25) is 0 Å². The number of carbonyl (C=O) groups is 1. The zero-order valence-corrected chi connectivity index (χ0v) is 11.0. The van der Waals surface area contributed by atoms with Gasteiger partial charge < -0.3 is 9.47 Å². The molecular weight excluding hydrogens is 262 g/mol. The SMILES string of the molecule is COc1ccc(/C=N\NC(=O)c2ncn[nH]2)cc1OC. The van der Waals surface area contributed by atoms with Crippen LogP contribution in [0.25, 0.3) is 0 Å². The fourth-order valence-electron chi connectivity index (χ4n) is 1.47. The van der Waals surface area contributed by atoms with Crippen LogP contribution in [0.4, 0.5) is 0 Å². The number of ether oxygens (including phenoxy) is 2. The van der Waals surface area contributed by atoms with E-state index in [0.717, 1.165) is 5.56 Å². The second-order valence-electron chi connectivity index (χ2n) is 3.65. The van der Waals surface area contributed by atoms with Gasteiger partial charge in [-0.05, 0) is 23.8 Å². The molecule has 0 fully saturated rings. The predicted octanol–water partition coefficient (Wildman–Crippen LogP) is 0.586. The second-order valence-corrected chi connectivity index (χ2v) is 3.65. The molecule has 0 aliphatic carbocycles. The monoisotopic (exact) mass is 275 g/mol. The van der Waals surface area contributed by atoms with Crippen molar-refractivity contribution in [2.75, 3.05) is 14.2 Å². The van der Waals surface area contributed by atoms with Crippen molar-refractivity contribution >= 4 is 12.1 Å². The van der Waals surface area contributed by atoms with Crippen LogP contribution in [0.3, 0.4) is 0 Å². The summed E-state index contributed by atoms with van der Waals surface area (Å²) >= 11 is 0. The summed E-state index contributed by atoms with van der Waals surface area (Å²) in [5, 5.41) is 9.83. The van der Waals surface area contributed by atoms with Gasteiger partial charge in [-0.25, -0.2) is 10.4 Å². The highest BCUT2D eigenvalue weighted by molar-refractivity contribution is 5.91.